The Morgan fingerprint density at radius 2 is 1.96 bits per heavy atom. The summed E-state index contributed by atoms with van der Waals surface area (Å²) in [5, 5.41) is 2.77. The molecule has 136 valence electrons. The summed E-state index contributed by atoms with van der Waals surface area (Å²) in [6.07, 6.45) is 0. The number of amides is 1. The molecule has 0 unspecified atom stereocenters. The molecule has 0 radical (unpaired) electrons. The predicted molar refractivity (Wildman–Crippen MR) is 98.5 cm³/mol. The number of rotatable bonds is 9. The van der Waals surface area contributed by atoms with Gasteiger partial charge in [-0.1, -0.05) is 24.3 Å². The Morgan fingerprint density at radius 3 is 2.64 bits per heavy atom. The van der Waals surface area contributed by atoms with Gasteiger partial charge in [-0.2, -0.15) is 0 Å². The van der Waals surface area contributed by atoms with Crippen LogP contribution in [0.15, 0.2) is 40.8 Å². The first kappa shape index (κ1) is 19.2. The van der Waals surface area contributed by atoms with E-state index in [-0.39, 0.29) is 5.91 Å². The number of methoxy groups -OCH3 is 1. The van der Waals surface area contributed by atoms with Crippen molar-refractivity contribution in [2.75, 3.05) is 20.3 Å². The second kappa shape index (κ2) is 9.39. The van der Waals surface area contributed by atoms with Crippen molar-refractivity contribution in [2.24, 2.45) is 0 Å². The normalized spacial score (nSPS) is 11.3. The molecule has 0 aliphatic carbocycles. The first-order valence-electron chi connectivity index (χ1n) is 8.65. The number of furan rings is 1. The van der Waals surface area contributed by atoms with E-state index in [1.807, 2.05) is 6.07 Å². The molecular weight excluding hydrogens is 316 g/mol. The van der Waals surface area contributed by atoms with Gasteiger partial charge in [0.05, 0.1) is 13.2 Å². The second-order valence-electron chi connectivity index (χ2n) is 6.44. The lowest BCUT2D eigenvalue weighted by Crippen LogP contribution is -2.30. The number of carbonyl (C=O) groups is 1. The third-order valence-corrected chi connectivity index (χ3v) is 4.20. The maximum Gasteiger partial charge on any atom is 0.287 e. The minimum Gasteiger partial charge on any atom is -0.455 e. The number of aryl methyl sites for hydroxylation is 1. The predicted octanol–water partition coefficient (Wildman–Crippen LogP) is 3.37. The highest BCUT2D eigenvalue weighted by Gasteiger charge is 2.16. The summed E-state index contributed by atoms with van der Waals surface area (Å²) in [5.41, 5.74) is 2.59. The molecule has 0 atom stereocenters. The van der Waals surface area contributed by atoms with Gasteiger partial charge in [-0.15, -0.1) is 0 Å². The molecule has 1 aromatic heterocycles. The van der Waals surface area contributed by atoms with Crippen LogP contribution in [0.3, 0.4) is 0 Å². The van der Waals surface area contributed by atoms with Crippen molar-refractivity contribution in [3.05, 3.63) is 59.0 Å². The van der Waals surface area contributed by atoms with Gasteiger partial charge in [-0.05, 0) is 44.0 Å². The summed E-state index contributed by atoms with van der Waals surface area (Å²) in [5.74, 6) is 0.920. The van der Waals surface area contributed by atoms with Crippen LogP contribution in [-0.2, 0) is 17.8 Å². The summed E-state index contributed by atoms with van der Waals surface area (Å²) in [6.45, 7) is 8.92. The van der Waals surface area contributed by atoms with Crippen LogP contribution in [0.2, 0.25) is 0 Å². The molecule has 0 aliphatic rings. The Hall–Kier alpha value is -2.11. The van der Waals surface area contributed by atoms with E-state index in [1.54, 1.807) is 13.2 Å². The lowest BCUT2D eigenvalue weighted by atomic mass is 10.1. The molecule has 0 fully saturated rings. The molecule has 0 saturated heterocycles. The van der Waals surface area contributed by atoms with Crippen LogP contribution in [0.5, 0.6) is 0 Å². The first-order valence-corrected chi connectivity index (χ1v) is 8.65. The fourth-order valence-corrected chi connectivity index (χ4v) is 2.57. The van der Waals surface area contributed by atoms with Gasteiger partial charge in [0.25, 0.3) is 5.91 Å². The van der Waals surface area contributed by atoms with E-state index in [0.29, 0.717) is 31.5 Å². The largest absolute Gasteiger partial charge is 0.455 e. The lowest BCUT2D eigenvalue weighted by Gasteiger charge is -2.26. The van der Waals surface area contributed by atoms with E-state index in [2.05, 4.69) is 55.3 Å². The Kier molecular flexibility index (Phi) is 7.22. The van der Waals surface area contributed by atoms with Gasteiger partial charge >= 0.3 is 0 Å². The Labute approximate surface area is 150 Å². The maximum atomic E-state index is 12.0. The quantitative estimate of drug-likeness (QED) is 0.709. The van der Waals surface area contributed by atoms with Crippen LogP contribution in [0.25, 0.3) is 0 Å². The molecule has 0 saturated carbocycles. The van der Waals surface area contributed by atoms with Gasteiger partial charge in [-0.3, -0.25) is 9.69 Å². The van der Waals surface area contributed by atoms with E-state index in [9.17, 15) is 4.79 Å². The lowest BCUT2D eigenvalue weighted by molar-refractivity contribution is 0.0904. The second-order valence-corrected chi connectivity index (χ2v) is 6.44. The molecule has 5 heteroatoms. The highest BCUT2D eigenvalue weighted by Crippen LogP contribution is 2.17. The SMILES string of the molecule is COCCNC(=O)c1ccc(CN(Cc2ccccc2C)C(C)C)o1. The van der Waals surface area contributed by atoms with Crippen molar-refractivity contribution in [3.8, 4) is 0 Å². The molecule has 1 heterocycles. The number of hydrogen-bond acceptors (Lipinski definition) is 4. The van der Waals surface area contributed by atoms with Gasteiger partial charge in [0.2, 0.25) is 0 Å². The minimum atomic E-state index is -0.210. The van der Waals surface area contributed by atoms with E-state index < -0.39 is 0 Å². The summed E-state index contributed by atoms with van der Waals surface area (Å²) < 4.78 is 10.7. The highest BCUT2D eigenvalue weighted by molar-refractivity contribution is 5.91. The van der Waals surface area contributed by atoms with Crippen LogP contribution in [0.1, 0.15) is 41.3 Å². The van der Waals surface area contributed by atoms with Crippen molar-refractivity contribution < 1.29 is 13.9 Å². The molecule has 5 nitrogen and oxygen atoms in total. The van der Waals surface area contributed by atoms with Crippen LogP contribution in [-0.4, -0.2) is 37.1 Å². The van der Waals surface area contributed by atoms with Crippen LogP contribution in [0, 0.1) is 6.92 Å². The third-order valence-electron chi connectivity index (χ3n) is 4.20. The Morgan fingerprint density at radius 1 is 1.20 bits per heavy atom. The maximum absolute atomic E-state index is 12.0. The smallest absolute Gasteiger partial charge is 0.287 e. The van der Waals surface area contributed by atoms with E-state index in [0.717, 1.165) is 12.3 Å². The monoisotopic (exact) mass is 344 g/mol. The molecular formula is C20H28N2O3. The van der Waals surface area contributed by atoms with Gasteiger partial charge in [-0.25, -0.2) is 0 Å². The third kappa shape index (κ3) is 5.73. The average molecular weight is 344 g/mol. The summed E-state index contributed by atoms with van der Waals surface area (Å²) in [4.78, 5) is 14.3. The van der Waals surface area contributed by atoms with E-state index in [4.69, 9.17) is 9.15 Å². The summed E-state index contributed by atoms with van der Waals surface area (Å²) in [7, 11) is 1.60. The minimum absolute atomic E-state index is 0.210. The molecule has 0 bridgehead atoms. The molecule has 0 spiro atoms. The zero-order chi connectivity index (χ0) is 18.2. The number of nitrogens with one attached hydrogen (secondary N) is 1. The van der Waals surface area contributed by atoms with Gasteiger partial charge in [0.15, 0.2) is 5.76 Å². The van der Waals surface area contributed by atoms with E-state index >= 15 is 0 Å². The van der Waals surface area contributed by atoms with Crippen molar-refractivity contribution in [1.29, 1.82) is 0 Å². The summed E-state index contributed by atoms with van der Waals surface area (Å²) >= 11 is 0. The molecule has 25 heavy (non-hydrogen) atoms. The molecule has 1 N–H and O–H groups in total. The zero-order valence-electron chi connectivity index (χ0n) is 15.5. The molecule has 2 rings (SSSR count). The van der Waals surface area contributed by atoms with Crippen molar-refractivity contribution in [3.63, 3.8) is 0 Å². The number of nitrogens with zero attached hydrogens (tertiary/aromatic N) is 1. The summed E-state index contributed by atoms with van der Waals surface area (Å²) in [6, 6.07) is 12.4. The molecule has 0 aliphatic heterocycles. The fraction of sp³-hybridized carbons (Fsp3) is 0.450. The zero-order valence-corrected chi connectivity index (χ0v) is 15.5. The number of ether oxygens (including phenoxy) is 1. The first-order chi connectivity index (χ1) is 12.0. The standard InChI is InChI=1S/C20H28N2O3/c1-15(2)22(13-17-8-6-5-7-16(17)3)14-18-9-10-19(25-18)20(23)21-11-12-24-4/h5-10,15H,11-14H2,1-4H3,(H,21,23). The van der Waals surface area contributed by atoms with Crippen molar-refractivity contribution >= 4 is 5.91 Å². The molecule has 1 amide bonds. The number of hydrogen-bond donors (Lipinski definition) is 1. The fourth-order valence-electron chi connectivity index (χ4n) is 2.57. The van der Waals surface area contributed by atoms with Gasteiger partial charge < -0.3 is 14.5 Å². The van der Waals surface area contributed by atoms with Crippen LogP contribution >= 0.6 is 0 Å². The van der Waals surface area contributed by atoms with Crippen molar-refractivity contribution in [2.45, 2.75) is 39.9 Å². The van der Waals surface area contributed by atoms with E-state index in [1.165, 1.54) is 11.1 Å². The van der Waals surface area contributed by atoms with Crippen LogP contribution < -0.4 is 5.32 Å². The number of carbonyl (C=O) groups excluding carboxylic acids is 1. The van der Waals surface area contributed by atoms with Gasteiger partial charge in [0.1, 0.15) is 5.76 Å². The Bertz CT molecular complexity index is 679. The molecule has 1 aromatic carbocycles. The van der Waals surface area contributed by atoms with Crippen molar-refractivity contribution in [1.82, 2.24) is 10.2 Å². The average Bonchev–Trinajstić information content (AvgIpc) is 3.05. The molecule has 2 aromatic rings. The Balaban J connectivity index is 2.00. The van der Waals surface area contributed by atoms with Gasteiger partial charge in [0, 0.05) is 26.2 Å². The van der Waals surface area contributed by atoms with Crippen LogP contribution in [0.4, 0.5) is 0 Å². The topological polar surface area (TPSA) is 54.7 Å². The highest BCUT2D eigenvalue weighted by atomic mass is 16.5. The number of benzene rings is 1.